The fourth-order valence-corrected chi connectivity index (χ4v) is 2.91. The van der Waals surface area contributed by atoms with Gasteiger partial charge in [0.1, 0.15) is 0 Å². The summed E-state index contributed by atoms with van der Waals surface area (Å²) in [5, 5.41) is 0. The molecule has 1 N–H and O–H groups in total. The molecule has 1 saturated carbocycles. The number of piperazine rings is 1. The molecule has 1 saturated heterocycles. The van der Waals surface area contributed by atoms with E-state index in [0.29, 0.717) is 38.5 Å². The highest BCUT2D eigenvalue weighted by Crippen LogP contribution is 2.32. The molecule has 1 aliphatic heterocycles. The average molecular weight is 261 g/mol. The molecule has 0 unspecified atom stereocenters. The van der Waals surface area contributed by atoms with Gasteiger partial charge in [-0.25, -0.2) is 4.72 Å². The molecule has 6 nitrogen and oxygen atoms in total. The first-order valence-corrected chi connectivity index (χ1v) is 7.43. The van der Waals surface area contributed by atoms with Crippen molar-refractivity contribution in [1.29, 1.82) is 0 Å². The third-order valence-corrected chi connectivity index (χ3v) is 4.91. The van der Waals surface area contributed by atoms with Crippen LogP contribution < -0.4 is 4.72 Å². The molecule has 1 aliphatic carbocycles. The zero-order valence-corrected chi connectivity index (χ0v) is 10.9. The molecular formula is C10H19N3O3S. The van der Waals surface area contributed by atoms with Crippen molar-refractivity contribution in [3.63, 3.8) is 0 Å². The summed E-state index contributed by atoms with van der Waals surface area (Å²) in [5.74, 6) is 0.760. The van der Waals surface area contributed by atoms with Gasteiger partial charge in [0.25, 0.3) is 10.2 Å². The lowest BCUT2D eigenvalue weighted by Crippen LogP contribution is -2.52. The number of carbonyl (C=O) groups excluding carboxylic acids is 1. The Balaban J connectivity index is 1.83. The van der Waals surface area contributed by atoms with E-state index in [1.807, 2.05) is 0 Å². The smallest absolute Gasteiger partial charge is 0.279 e. The van der Waals surface area contributed by atoms with Crippen molar-refractivity contribution < 1.29 is 13.2 Å². The first kappa shape index (κ1) is 12.8. The molecule has 0 aromatic carbocycles. The van der Waals surface area contributed by atoms with Crippen LogP contribution in [0.3, 0.4) is 0 Å². The van der Waals surface area contributed by atoms with Crippen LogP contribution in [-0.4, -0.2) is 56.8 Å². The fraction of sp³-hybridized carbons (Fsp3) is 0.900. The molecule has 0 atom stereocenters. The van der Waals surface area contributed by atoms with Crippen LogP contribution in [0.1, 0.15) is 19.3 Å². The van der Waals surface area contributed by atoms with Gasteiger partial charge in [-0.05, 0) is 18.8 Å². The van der Waals surface area contributed by atoms with Gasteiger partial charge >= 0.3 is 0 Å². The lowest BCUT2D eigenvalue weighted by Gasteiger charge is -2.33. The van der Waals surface area contributed by atoms with Gasteiger partial charge in [0, 0.05) is 39.6 Å². The number of hydrogen-bond donors (Lipinski definition) is 1. The molecule has 2 fully saturated rings. The summed E-state index contributed by atoms with van der Waals surface area (Å²) >= 11 is 0. The largest absolute Gasteiger partial charge is 0.340 e. The summed E-state index contributed by atoms with van der Waals surface area (Å²) in [7, 11) is -1.93. The molecule has 7 heteroatoms. The Morgan fingerprint density at radius 2 is 1.82 bits per heavy atom. The van der Waals surface area contributed by atoms with Crippen LogP contribution in [-0.2, 0) is 15.0 Å². The number of nitrogens with one attached hydrogen (secondary N) is 1. The maximum atomic E-state index is 11.8. The second kappa shape index (κ2) is 4.91. The zero-order valence-electron chi connectivity index (χ0n) is 10.1. The van der Waals surface area contributed by atoms with Crippen molar-refractivity contribution in [1.82, 2.24) is 13.9 Å². The topological polar surface area (TPSA) is 69.7 Å². The molecule has 0 radical (unpaired) electrons. The van der Waals surface area contributed by atoms with Crippen molar-refractivity contribution in [2.75, 3.05) is 33.2 Å². The van der Waals surface area contributed by atoms with Gasteiger partial charge in [-0.2, -0.15) is 12.7 Å². The third kappa shape index (κ3) is 3.17. The second-order valence-corrected chi connectivity index (χ2v) is 6.51. The van der Waals surface area contributed by atoms with Crippen molar-refractivity contribution in [2.24, 2.45) is 5.92 Å². The summed E-state index contributed by atoms with van der Waals surface area (Å²) in [6.45, 7) is 1.79. The molecular weight excluding hydrogens is 242 g/mol. The highest BCUT2D eigenvalue weighted by molar-refractivity contribution is 7.87. The predicted octanol–water partition coefficient (Wildman–Crippen LogP) is -0.605. The highest BCUT2D eigenvalue weighted by atomic mass is 32.2. The maximum absolute atomic E-state index is 11.8. The lowest BCUT2D eigenvalue weighted by molar-refractivity contribution is -0.132. The van der Waals surface area contributed by atoms with Crippen LogP contribution in [0.2, 0.25) is 0 Å². The number of nitrogens with zero attached hydrogens (tertiary/aromatic N) is 2. The van der Waals surface area contributed by atoms with E-state index in [2.05, 4.69) is 4.72 Å². The van der Waals surface area contributed by atoms with Crippen molar-refractivity contribution >= 4 is 16.1 Å². The Hall–Kier alpha value is -0.660. The molecule has 98 valence electrons. The van der Waals surface area contributed by atoms with E-state index < -0.39 is 10.2 Å². The van der Waals surface area contributed by atoms with E-state index in [4.69, 9.17) is 0 Å². The molecule has 1 amide bonds. The summed E-state index contributed by atoms with van der Waals surface area (Å²) in [6, 6.07) is 0. The predicted molar refractivity (Wildman–Crippen MR) is 63.5 cm³/mol. The van der Waals surface area contributed by atoms with Crippen LogP contribution in [0.15, 0.2) is 0 Å². The Morgan fingerprint density at radius 1 is 1.24 bits per heavy atom. The Labute approximate surface area is 102 Å². The monoisotopic (exact) mass is 261 g/mol. The van der Waals surface area contributed by atoms with E-state index in [1.54, 1.807) is 4.90 Å². The molecule has 0 aromatic heterocycles. The minimum absolute atomic E-state index is 0.175. The van der Waals surface area contributed by atoms with Crippen LogP contribution in [0.5, 0.6) is 0 Å². The van der Waals surface area contributed by atoms with Crippen molar-refractivity contribution in [2.45, 2.75) is 19.3 Å². The summed E-state index contributed by atoms with van der Waals surface area (Å²) in [4.78, 5) is 13.6. The van der Waals surface area contributed by atoms with E-state index in [9.17, 15) is 13.2 Å². The molecule has 0 aromatic rings. The van der Waals surface area contributed by atoms with Gasteiger partial charge in [-0.3, -0.25) is 4.79 Å². The zero-order chi connectivity index (χ0) is 12.5. The van der Waals surface area contributed by atoms with Crippen molar-refractivity contribution in [3.05, 3.63) is 0 Å². The highest BCUT2D eigenvalue weighted by Gasteiger charge is 2.31. The Morgan fingerprint density at radius 3 is 2.29 bits per heavy atom. The molecule has 2 aliphatic rings. The van der Waals surface area contributed by atoms with Crippen LogP contribution in [0.25, 0.3) is 0 Å². The van der Waals surface area contributed by atoms with Gasteiger partial charge in [-0.15, -0.1) is 0 Å². The molecule has 2 rings (SSSR count). The van der Waals surface area contributed by atoms with Gasteiger partial charge < -0.3 is 4.90 Å². The number of amides is 1. The Bertz CT molecular complexity index is 384. The molecule has 0 bridgehead atoms. The first-order chi connectivity index (χ1) is 8.03. The standard InChI is InChI=1S/C10H19N3O3S/c1-11-17(15,16)13-6-4-12(5-7-13)10(14)8-9-2-3-9/h9,11H,2-8H2,1H3. The average Bonchev–Trinajstić information content (AvgIpc) is 3.13. The van der Waals surface area contributed by atoms with Gasteiger partial charge in [0.2, 0.25) is 5.91 Å². The lowest BCUT2D eigenvalue weighted by atomic mass is 10.2. The van der Waals surface area contributed by atoms with Crippen LogP contribution in [0, 0.1) is 5.92 Å². The van der Waals surface area contributed by atoms with Crippen LogP contribution in [0.4, 0.5) is 0 Å². The summed E-state index contributed by atoms with van der Waals surface area (Å²) in [6.07, 6.45) is 2.97. The SMILES string of the molecule is CNS(=O)(=O)N1CCN(C(=O)CC2CC2)CC1. The van der Waals surface area contributed by atoms with Crippen molar-refractivity contribution in [3.8, 4) is 0 Å². The second-order valence-electron chi connectivity index (χ2n) is 4.64. The van der Waals surface area contributed by atoms with Gasteiger partial charge in [0.15, 0.2) is 0 Å². The molecule has 0 spiro atoms. The van der Waals surface area contributed by atoms with Crippen LogP contribution >= 0.6 is 0 Å². The van der Waals surface area contributed by atoms with E-state index in [0.717, 1.165) is 0 Å². The minimum atomic E-state index is -3.34. The molecule has 17 heavy (non-hydrogen) atoms. The summed E-state index contributed by atoms with van der Waals surface area (Å²) < 4.78 is 26.7. The van der Waals surface area contributed by atoms with Gasteiger partial charge in [-0.1, -0.05) is 0 Å². The van der Waals surface area contributed by atoms with Gasteiger partial charge in [0.05, 0.1) is 0 Å². The molecule has 1 heterocycles. The number of carbonyl (C=O) groups is 1. The maximum Gasteiger partial charge on any atom is 0.279 e. The quantitative estimate of drug-likeness (QED) is 0.734. The third-order valence-electron chi connectivity index (χ3n) is 3.35. The fourth-order valence-electron chi connectivity index (χ4n) is 2.00. The first-order valence-electron chi connectivity index (χ1n) is 5.99. The Kier molecular flexibility index (Phi) is 3.70. The van der Waals surface area contributed by atoms with E-state index in [1.165, 1.54) is 24.2 Å². The number of rotatable bonds is 4. The summed E-state index contributed by atoms with van der Waals surface area (Å²) in [5.41, 5.74) is 0. The number of hydrogen-bond acceptors (Lipinski definition) is 3. The normalized spacial score (nSPS) is 22.8. The van der Waals surface area contributed by atoms with E-state index in [-0.39, 0.29) is 5.91 Å². The minimum Gasteiger partial charge on any atom is -0.340 e. The van der Waals surface area contributed by atoms with E-state index >= 15 is 0 Å².